The van der Waals surface area contributed by atoms with Crippen LogP contribution in [0, 0.1) is 0 Å². The van der Waals surface area contributed by atoms with E-state index in [1.54, 1.807) is 11.7 Å². The number of guanidine groups is 1. The van der Waals surface area contributed by atoms with E-state index in [9.17, 15) is 4.79 Å². The van der Waals surface area contributed by atoms with E-state index in [1.165, 1.54) is 11.2 Å². The number of hydrogen-bond acceptors (Lipinski definition) is 5. The first-order valence-corrected chi connectivity index (χ1v) is 8.02. The zero-order valence-corrected chi connectivity index (χ0v) is 15.5. The molecule has 136 valence electrons. The Labute approximate surface area is 143 Å². The van der Waals surface area contributed by atoms with Gasteiger partial charge in [-0.1, -0.05) is 0 Å². The molecule has 0 aromatic carbocycles. The molecule has 0 saturated carbocycles. The molecule has 2 N–H and O–H groups in total. The molecule has 1 aromatic rings. The number of aliphatic imine (C=N–C) groups is 1. The van der Waals surface area contributed by atoms with Crippen LogP contribution in [0.2, 0.25) is 0 Å². The van der Waals surface area contributed by atoms with Gasteiger partial charge in [0.15, 0.2) is 5.96 Å². The van der Waals surface area contributed by atoms with Gasteiger partial charge in [-0.2, -0.15) is 5.10 Å². The summed E-state index contributed by atoms with van der Waals surface area (Å²) in [6.45, 7) is 9.76. The van der Waals surface area contributed by atoms with Crippen LogP contribution in [0.15, 0.2) is 11.3 Å². The van der Waals surface area contributed by atoms with Gasteiger partial charge in [-0.25, -0.2) is 14.8 Å². The third-order valence-corrected chi connectivity index (χ3v) is 2.97. The predicted molar refractivity (Wildman–Crippen MR) is 92.7 cm³/mol. The second kappa shape index (κ2) is 9.09. The van der Waals surface area contributed by atoms with Crippen molar-refractivity contribution in [3.05, 3.63) is 12.2 Å². The Hall–Kier alpha value is -2.32. The summed E-state index contributed by atoms with van der Waals surface area (Å²) in [6.07, 6.45) is 1.16. The van der Waals surface area contributed by atoms with Crippen LogP contribution in [-0.2, 0) is 18.3 Å². The normalized spacial score (nSPS) is 12.0. The van der Waals surface area contributed by atoms with E-state index in [1.807, 2.05) is 34.7 Å². The summed E-state index contributed by atoms with van der Waals surface area (Å²) < 4.78 is 6.99. The first kappa shape index (κ1) is 19.7. The number of carbonyl (C=O) groups is 1. The Morgan fingerprint density at radius 1 is 1.42 bits per heavy atom. The minimum Gasteiger partial charge on any atom is -0.444 e. The lowest BCUT2D eigenvalue weighted by atomic mass is 10.2. The molecule has 0 aliphatic heterocycles. The summed E-state index contributed by atoms with van der Waals surface area (Å²) in [5.41, 5.74) is -0.495. The lowest BCUT2D eigenvalue weighted by molar-refractivity contribution is 0.0302. The van der Waals surface area contributed by atoms with Gasteiger partial charge in [-0.05, 0) is 27.7 Å². The minimum atomic E-state index is -0.495. The van der Waals surface area contributed by atoms with E-state index in [2.05, 4.69) is 25.7 Å². The number of carbonyl (C=O) groups excluding carboxylic acids is 1. The number of rotatable bonds is 6. The molecule has 9 heteroatoms. The molecule has 0 radical (unpaired) electrons. The van der Waals surface area contributed by atoms with Crippen LogP contribution in [0.5, 0.6) is 0 Å². The Kier molecular flexibility index (Phi) is 7.47. The number of aryl methyl sites for hydroxylation is 1. The predicted octanol–water partition coefficient (Wildman–Crippen LogP) is 0.737. The van der Waals surface area contributed by atoms with Crippen LogP contribution in [0.3, 0.4) is 0 Å². The van der Waals surface area contributed by atoms with Crippen LogP contribution >= 0.6 is 0 Å². The third kappa shape index (κ3) is 7.30. The average Bonchev–Trinajstić information content (AvgIpc) is 2.88. The van der Waals surface area contributed by atoms with Crippen LogP contribution in [-0.4, -0.2) is 64.0 Å². The van der Waals surface area contributed by atoms with Crippen LogP contribution < -0.4 is 10.6 Å². The van der Waals surface area contributed by atoms with Crippen molar-refractivity contribution in [3.63, 3.8) is 0 Å². The van der Waals surface area contributed by atoms with Gasteiger partial charge in [0.05, 0.1) is 0 Å². The molecule has 0 aliphatic rings. The number of ether oxygens (including phenoxy) is 1. The Balaban J connectivity index is 2.46. The van der Waals surface area contributed by atoms with Crippen molar-refractivity contribution in [1.29, 1.82) is 0 Å². The Morgan fingerprint density at radius 2 is 2.12 bits per heavy atom. The number of nitrogens with one attached hydrogen (secondary N) is 2. The molecular weight excluding hydrogens is 310 g/mol. The molecule has 1 amide bonds. The lowest BCUT2D eigenvalue weighted by Crippen LogP contribution is -2.43. The van der Waals surface area contributed by atoms with Crippen molar-refractivity contribution >= 4 is 12.1 Å². The molecular formula is C15H29N7O2. The molecule has 0 saturated heterocycles. The highest BCUT2D eigenvalue weighted by atomic mass is 16.6. The molecule has 0 atom stereocenters. The topological polar surface area (TPSA) is 96.7 Å². The SMILES string of the molecule is CCNC(=NCc1ncnn1C)NCCN(C)C(=O)OC(C)(C)C. The first-order chi connectivity index (χ1) is 11.2. The quantitative estimate of drug-likeness (QED) is 0.586. The Bertz CT molecular complexity index is 548. The largest absolute Gasteiger partial charge is 0.444 e. The number of aromatic nitrogens is 3. The fraction of sp³-hybridized carbons (Fsp3) is 0.733. The van der Waals surface area contributed by atoms with E-state index in [4.69, 9.17) is 4.74 Å². The highest BCUT2D eigenvalue weighted by Crippen LogP contribution is 2.08. The number of hydrogen-bond donors (Lipinski definition) is 2. The van der Waals surface area contributed by atoms with Crippen molar-refractivity contribution in [2.75, 3.05) is 26.7 Å². The molecule has 0 fully saturated rings. The molecule has 0 spiro atoms. The van der Waals surface area contributed by atoms with Crippen molar-refractivity contribution < 1.29 is 9.53 Å². The van der Waals surface area contributed by atoms with Gasteiger partial charge in [0.25, 0.3) is 0 Å². The summed E-state index contributed by atoms with van der Waals surface area (Å²) in [5, 5.41) is 10.3. The maximum absolute atomic E-state index is 11.9. The summed E-state index contributed by atoms with van der Waals surface area (Å²) in [5.74, 6) is 1.44. The van der Waals surface area contributed by atoms with Crippen molar-refractivity contribution in [2.24, 2.45) is 12.0 Å². The van der Waals surface area contributed by atoms with Crippen LogP contribution in [0.25, 0.3) is 0 Å². The van der Waals surface area contributed by atoms with Crippen LogP contribution in [0.4, 0.5) is 4.79 Å². The van der Waals surface area contributed by atoms with E-state index < -0.39 is 5.60 Å². The number of nitrogens with zero attached hydrogens (tertiary/aromatic N) is 5. The summed E-state index contributed by atoms with van der Waals surface area (Å²) in [4.78, 5) is 22.0. The van der Waals surface area contributed by atoms with Crippen molar-refractivity contribution in [2.45, 2.75) is 39.8 Å². The fourth-order valence-corrected chi connectivity index (χ4v) is 1.73. The van der Waals surface area contributed by atoms with Gasteiger partial charge >= 0.3 is 6.09 Å². The fourth-order valence-electron chi connectivity index (χ4n) is 1.73. The Morgan fingerprint density at radius 3 is 2.67 bits per heavy atom. The van der Waals surface area contributed by atoms with Crippen LogP contribution in [0.1, 0.15) is 33.5 Å². The van der Waals surface area contributed by atoms with Gasteiger partial charge in [0.2, 0.25) is 0 Å². The highest BCUT2D eigenvalue weighted by molar-refractivity contribution is 5.79. The van der Waals surface area contributed by atoms with Gasteiger partial charge in [0, 0.05) is 33.7 Å². The summed E-state index contributed by atoms with van der Waals surface area (Å²) >= 11 is 0. The van der Waals surface area contributed by atoms with Gasteiger partial charge < -0.3 is 20.3 Å². The molecule has 0 unspecified atom stereocenters. The average molecular weight is 339 g/mol. The molecule has 1 aromatic heterocycles. The van der Waals surface area contributed by atoms with Gasteiger partial charge in [0.1, 0.15) is 24.3 Å². The molecule has 24 heavy (non-hydrogen) atoms. The third-order valence-electron chi connectivity index (χ3n) is 2.97. The number of amides is 1. The van der Waals surface area contributed by atoms with Crippen molar-refractivity contribution in [3.8, 4) is 0 Å². The minimum absolute atomic E-state index is 0.342. The second-order valence-electron chi connectivity index (χ2n) is 6.32. The van der Waals surface area contributed by atoms with Gasteiger partial charge in [-0.15, -0.1) is 0 Å². The summed E-state index contributed by atoms with van der Waals surface area (Å²) in [7, 11) is 3.54. The zero-order chi connectivity index (χ0) is 18.2. The molecule has 0 bridgehead atoms. The van der Waals surface area contributed by atoms with Crippen molar-refractivity contribution in [1.82, 2.24) is 30.3 Å². The maximum Gasteiger partial charge on any atom is 0.410 e. The highest BCUT2D eigenvalue weighted by Gasteiger charge is 2.19. The second-order valence-corrected chi connectivity index (χ2v) is 6.32. The molecule has 0 aliphatic carbocycles. The zero-order valence-electron chi connectivity index (χ0n) is 15.5. The van der Waals surface area contributed by atoms with E-state index >= 15 is 0 Å². The lowest BCUT2D eigenvalue weighted by Gasteiger charge is -2.24. The van der Waals surface area contributed by atoms with E-state index in [-0.39, 0.29) is 6.09 Å². The smallest absolute Gasteiger partial charge is 0.410 e. The molecule has 1 rings (SSSR count). The molecule has 9 nitrogen and oxygen atoms in total. The first-order valence-electron chi connectivity index (χ1n) is 8.02. The van der Waals surface area contributed by atoms with Gasteiger partial charge in [-0.3, -0.25) is 4.68 Å². The molecule has 1 heterocycles. The van der Waals surface area contributed by atoms with E-state index in [0.29, 0.717) is 25.6 Å². The number of likely N-dealkylation sites (N-methyl/N-ethyl adjacent to an activating group) is 1. The summed E-state index contributed by atoms with van der Waals surface area (Å²) in [6, 6.07) is 0. The standard InChI is InChI=1S/C15H29N7O2/c1-7-16-13(18-10-12-19-11-20-22(12)6)17-8-9-21(5)14(23)24-15(2,3)4/h11H,7-10H2,1-6H3,(H2,16,17,18). The van der Waals surface area contributed by atoms with E-state index in [0.717, 1.165) is 12.4 Å². The monoisotopic (exact) mass is 339 g/mol. The maximum atomic E-state index is 11.9.